The molecule has 138 valence electrons. The van der Waals surface area contributed by atoms with Gasteiger partial charge in [-0.05, 0) is 66.4 Å². The molecule has 0 aromatic heterocycles. The third-order valence-electron chi connectivity index (χ3n) is 4.59. The number of phenols is 2. The number of thiocarbonyl (C=S) groups is 1. The molecule has 0 atom stereocenters. The van der Waals surface area contributed by atoms with E-state index in [1.807, 2.05) is 24.3 Å². The zero-order valence-electron chi connectivity index (χ0n) is 14.1. The third kappa shape index (κ3) is 4.34. The predicted octanol–water partition coefficient (Wildman–Crippen LogP) is 3.92. The molecule has 0 amide bonds. The van der Waals surface area contributed by atoms with Crippen LogP contribution in [0.15, 0.2) is 30.3 Å². The maximum atomic E-state index is 9.83. The molecule has 1 aliphatic rings. The molecule has 0 unspecified atom stereocenters. The van der Waals surface area contributed by atoms with E-state index in [4.69, 9.17) is 35.4 Å². The van der Waals surface area contributed by atoms with Crippen LogP contribution in [0, 0.1) is 0 Å². The normalized spacial score (nSPS) is 13.8. The number of aromatic hydroxyl groups is 2. The molecule has 26 heavy (non-hydrogen) atoms. The van der Waals surface area contributed by atoms with Crippen LogP contribution in [0.3, 0.4) is 0 Å². The van der Waals surface area contributed by atoms with E-state index in [0.717, 1.165) is 35.7 Å². The molecule has 0 saturated carbocycles. The van der Waals surface area contributed by atoms with Crippen molar-refractivity contribution in [3.63, 3.8) is 0 Å². The number of nitrogens with one attached hydrogen (secondary N) is 1. The van der Waals surface area contributed by atoms with Crippen LogP contribution in [0.4, 0.5) is 0 Å². The molecule has 4 nitrogen and oxygen atoms in total. The second-order valence-electron chi connectivity index (χ2n) is 6.29. The number of rotatable bonds is 3. The minimum absolute atomic E-state index is 0.175. The van der Waals surface area contributed by atoms with Crippen molar-refractivity contribution in [3.8, 4) is 11.5 Å². The summed E-state index contributed by atoms with van der Waals surface area (Å²) in [7, 11) is 0. The van der Waals surface area contributed by atoms with E-state index in [9.17, 15) is 10.2 Å². The lowest BCUT2D eigenvalue weighted by atomic mass is 10.0. The summed E-state index contributed by atoms with van der Waals surface area (Å²) >= 11 is 17.6. The van der Waals surface area contributed by atoms with Crippen molar-refractivity contribution >= 4 is 40.5 Å². The van der Waals surface area contributed by atoms with Crippen LogP contribution >= 0.6 is 35.4 Å². The van der Waals surface area contributed by atoms with Gasteiger partial charge in [0.15, 0.2) is 16.6 Å². The SMILES string of the molecule is Oc1cc2c(c(Cl)c1O)CCN(C(=S)NCCc1ccc(Cl)cc1)CC2. The zero-order valence-corrected chi connectivity index (χ0v) is 16.5. The average molecular weight is 411 g/mol. The maximum Gasteiger partial charge on any atom is 0.176 e. The standard InChI is InChI=1S/C19H20Cl2N2O2S/c20-14-3-1-12(2-4-14)5-8-22-19(26)23-9-6-13-11-16(24)18(25)17(21)15(13)7-10-23/h1-4,11,24-25H,5-10H2,(H,22,26). The van der Waals surface area contributed by atoms with Crippen molar-refractivity contribution in [1.29, 1.82) is 0 Å². The lowest BCUT2D eigenvalue weighted by molar-refractivity contribution is 0.403. The number of hydrogen-bond acceptors (Lipinski definition) is 3. The van der Waals surface area contributed by atoms with Crippen molar-refractivity contribution in [2.75, 3.05) is 19.6 Å². The minimum Gasteiger partial charge on any atom is -0.504 e. The van der Waals surface area contributed by atoms with Gasteiger partial charge in [-0.2, -0.15) is 0 Å². The van der Waals surface area contributed by atoms with Crippen LogP contribution in [0.5, 0.6) is 11.5 Å². The fourth-order valence-electron chi connectivity index (χ4n) is 3.10. The second-order valence-corrected chi connectivity index (χ2v) is 7.49. The summed E-state index contributed by atoms with van der Waals surface area (Å²) in [5.74, 6) is -0.423. The van der Waals surface area contributed by atoms with Crippen LogP contribution < -0.4 is 5.32 Å². The van der Waals surface area contributed by atoms with Gasteiger partial charge in [-0.15, -0.1) is 0 Å². The van der Waals surface area contributed by atoms with Crippen LogP contribution in [-0.2, 0) is 19.3 Å². The molecular formula is C19H20Cl2N2O2S. The van der Waals surface area contributed by atoms with Crippen molar-refractivity contribution in [1.82, 2.24) is 10.2 Å². The molecular weight excluding hydrogens is 391 g/mol. The first-order valence-electron chi connectivity index (χ1n) is 8.45. The van der Waals surface area contributed by atoms with Gasteiger partial charge in [-0.3, -0.25) is 0 Å². The Hall–Kier alpha value is -1.69. The Bertz CT molecular complexity index is 812. The topological polar surface area (TPSA) is 55.7 Å². The van der Waals surface area contributed by atoms with Gasteiger partial charge < -0.3 is 20.4 Å². The average Bonchev–Trinajstić information content (AvgIpc) is 2.84. The first-order chi connectivity index (χ1) is 12.5. The van der Waals surface area contributed by atoms with Crippen molar-refractivity contribution in [2.45, 2.75) is 19.3 Å². The molecule has 1 heterocycles. The fourth-order valence-corrected chi connectivity index (χ4v) is 3.83. The van der Waals surface area contributed by atoms with Crippen LogP contribution in [-0.4, -0.2) is 39.9 Å². The summed E-state index contributed by atoms with van der Waals surface area (Å²) in [6.07, 6.45) is 2.24. The van der Waals surface area contributed by atoms with Gasteiger partial charge in [0, 0.05) is 24.7 Å². The van der Waals surface area contributed by atoms with E-state index in [0.29, 0.717) is 24.5 Å². The maximum absolute atomic E-state index is 9.83. The third-order valence-corrected chi connectivity index (χ3v) is 5.65. The Labute approximate surface area is 168 Å². The van der Waals surface area contributed by atoms with Crippen LogP contribution in [0.25, 0.3) is 0 Å². The second kappa shape index (κ2) is 8.33. The van der Waals surface area contributed by atoms with Gasteiger partial charge in [0.25, 0.3) is 0 Å². The summed E-state index contributed by atoms with van der Waals surface area (Å²) < 4.78 is 0. The largest absolute Gasteiger partial charge is 0.504 e. The van der Waals surface area contributed by atoms with E-state index in [1.165, 1.54) is 5.56 Å². The minimum atomic E-state index is -0.248. The molecule has 0 aliphatic carbocycles. The van der Waals surface area contributed by atoms with E-state index < -0.39 is 0 Å². The lowest BCUT2D eigenvalue weighted by Crippen LogP contribution is -2.41. The van der Waals surface area contributed by atoms with Crippen molar-refractivity contribution in [2.24, 2.45) is 0 Å². The van der Waals surface area contributed by atoms with Crippen LogP contribution in [0.1, 0.15) is 16.7 Å². The zero-order chi connectivity index (χ0) is 18.7. The Morgan fingerprint density at radius 3 is 2.54 bits per heavy atom. The molecule has 1 aliphatic heterocycles. The van der Waals surface area contributed by atoms with E-state index in [2.05, 4.69) is 10.2 Å². The quantitative estimate of drug-likeness (QED) is 0.528. The molecule has 2 aromatic carbocycles. The summed E-state index contributed by atoms with van der Waals surface area (Å²) in [4.78, 5) is 2.10. The molecule has 0 spiro atoms. The fraction of sp³-hybridized carbons (Fsp3) is 0.316. The highest BCUT2D eigenvalue weighted by atomic mass is 35.5. The van der Waals surface area contributed by atoms with E-state index in [1.54, 1.807) is 6.07 Å². The van der Waals surface area contributed by atoms with Crippen molar-refractivity contribution < 1.29 is 10.2 Å². The van der Waals surface area contributed by atoms with E-state index in [-0.39, 0.29) is 16.5 Å². The summed E-state index contributed by atoms with van der Waals surface area (Å²) in [6, 6.07) is 9.38. The summed E-state index contributed by atoms with van der Waals surface area (Å²) in [6.45, 7) is 2.19. The first-order valence-corrected chi connectivity index (χ1v) is 9.61. The van der Waals surface area contributed by atoms with Gasteiger partial charge in [0.2, 0.25) is 0 Å². The molecule has 7 heteroatoms. The lowest BCUT2D eigenvalue weighted by Gasteiger charge is -2.24. The van der Waals surface area contributed by atoms with Gasteiger partial charge in [0.1, 0.15) is 0 Å². The summed E-state index contributed by atoms with van der Waals surface area (Å²) in [5, 5.41) is 24.6. The molecule has 0 fully saturated rings. The Morgan fingerprint density at radius 2 is 1.81 bits per heavy atom. The molecule has 2 aromatic rings. The van der Waals surface area contributed by atoms with Gasteiger partial charge >= 0.3 is 0 Å². The molecule has 0 radical (unpaired) electrons. The van der Waals surface area contributed by atoms with Gasteiger partial charge in [0.05, 0.1) is 5.02 Å². The smallest absolute Gasteiger partial charge is 0.176 e. The number of benzene rings is 2. The molecule has 0 bridgehead atoms. The number of phenolic OH excluding ortho intramolecular Hbond substituents is 2. The monoisotopic (exact) mass is 410 g/mol. The van der Waals surface area contributed by atoms with E-state index >= 15 is 0 Å². The Morgan fingerprint density at radius 1 is 1.12 bits per heavy atom. The van der Waals surface area contributed by atoms with Crippen molar-refractivity contribution in [3.05, 3.63) is 57.1 Å². The molecule has 3 rings (SSSR count). The summed E-state index contributed by atoms with van der Waals surface area (Å²) in [5.41, 5.74) is 3.04. The van der Waals surface area contributed by atoms with Gasteiger partial charge in [-0.25, -0.2) is 0 Å². The number of nitrogens with zero attached hydrogens (tertiary/aromatic N) is 1. The Kier molecular flexibility index (Phi) is 6.12. The predicted molar refractivity (Wildman–Crippen MR) is 110 cm³/mol. The highest BCUT2D eigenvalue weighted by Crippen LogP contribution is 2.39. The molecule has 3 N–H and O–H groups in total. The Balaban J connectivity index is 1.56. The van der Waals surface area contributed by atoms with Crippen LogP contribution in [0.2, 0.25) is 10.0 Å². The number of halogens is 2. The van der Waals surface area contributed by atoms with Gasteiger partial charge in [-0.1, -0.05) is 35.3 Å². The highest BCUT2D eigenvalue weighted by molar-refractivity contribution is 7.80. The first kappa shape index (κ1) is 19.1. The number of hydrogen-bond donors (Lipinski definition) is 3. The molecule has 0 saturated heterocycles. The highest BCUT2D eigenvalue weighted by Gasteiger charge is 2.21. The number of fused-ring (bicyclic) bond motifs is 1.